The van der Waals surface area contributed by atoms with Gasteiger partial charge in [0.2, 0.25) is 0 Å². The zero-order chi connectivity index (χ0) is 10.0. The van der Waals surface area contributed by atoms with Gasteiger partial charge in [-0.2, -0.15) is 0 Å². The summed E-state index contributed by atoms with van der Waals surface area (Å²) in [5.41, 5.74) is 2.79. The van der Waals surface area contributed by atoms with E-state index in [2.05, 4.69) is 13.8 Å². The molecule has 0 amide bonds. The van der Waals surface area contributed by atoms with E-state index in [0.717, 1.165) is 5.56 Å². The van der Waals surface area contributed by atoms with Gasteiger partial charge in [-0.1, -0.05) is 26.0 Å². The third-order valence-corrected chi connectivity index (χ3v) is 2.33. The molecule has 0 aromatic heterocycles. The topological polar surface area (TPSA) is 17.1 Å². The molecule has 0 aliphatic rings. The van der Waals surface area contributed by atoms with Crippen LogP contribution in [-0.2, 0) is 0 Å². The maximum absolute atomic E-state index is 10.9. The van der Waals surface area contributed by atoms with Gasteiger partial charge in [0.05, 0.1) is 0 Å². The van der Waals surface area contributed by atoms with Crippen molar-refractivity contribution in [2.75, 3.05) is 0 Å². The largest absolute Gasteiger partial charge is 0.276 e. The highest BCUT2D eigenvalue weighted by Gasteiger charge is 2.07. The highest BCUT2D eigenvalue weighted by Crippen LogP contribution is 2.19. The van der Waals surface area contributed by atoms with Gasteiger partial charge in [0.1, 0.15) is 0 Å². The van der Waals surface area contributed by atoms with E-state index in [1.807, 2.05) is 19.1 Å². The predicted molar refractivity (Wildman–Crippen MR) is 55.5 cm³/mol. The molecule has 0 unspecified atom stereocenters. The molecule has 0 spiro atoms. The third kappa shape index (κ3) is 2.31. The van der Waals surface area contributed by atoms with Gasteiger partial charge in [-0.15, -0.1) is 0 Å². The molecule has 1 aromatic carbocycles. The highest BCUT2D eigenvalue weighted by atomic mass is 35.5. The number of hydrogen-bond donors (Lipinski definition) is 0. The maximum atomic E-state index is 10.9. The summed E-state index contributed by atoms with van der Waals surface area (Å²) in [5.74, 6) is 0.484. The van der Waals surface area contributed by atoms with E-state index in [-0.39, 0.29) is 5.24 Å². The molecule has 0 heterocycles. The number of aryl methyl sites for hydroxylation is 1. The molecule has 70 valence electrons. The van der Waals surface area contributed by atoms with Gasteiger partial charge in [-0.05, 0) is 41.6 Å². The fraction of sp³-hybridized carbons (Fsp3) is 0.364. The van der Waals surface area contributed by atoms with Crippen LogP contribution in [0.1, 0.15) is 41.3 Å². The number of halogens is 1. The van der Waals surface area contributed by atoms with Crippen molar-refractivity contribution in [1.82, 2.24) is 0 Å². The Kier molecular flexibility index (Phi) is 3.10. The SMILES string of the molecule is Cc1cc(C(C)C)ccc1C(=O)Cl. The molecule has 0 saturated heterocycles. The van der Waals surface area contributed by atoms with E-state index < -0.39 is 0 Å². The standard InChI is InChI=1S/C11H13ClO/c1-7(2)9-4-5-10(11(12)13)8(3)6-9/h4-7H,1-3H3. The average Bonchev–Trinajstić information content (AvgIpc) is 2.03. The van der Waals surface area contributed by atoms with Crippen LogP contribution >= 0.6 is 11.6 Å². The van der Waals surface area contributed by atoms with Gasteiger partial charge in [-0.3, -0.25) is 4.79 Å². The lowest BCUT2D eigenvalue weighted by Crippen LogP contribution is -1.96. The van der Waals surface area contributed by atoms with Crippen LogP contribution in [0.3, 0.4) is 0 Å². The van der Waals surface area contributed by atoms with Crippen LogP contribution in [0.25, 0.3) is 0 Å². The summed E-state index contributed by atoms with van der Waals surface area (Å²) in [6, 6.07) is 5.76. The van der Waals surface area contributed by atoms with Crippen LogP contribution < -0.4 is 0 Å². The van der Waals surface area contributed by atoms with Crippen molar-refractivity contribution >= 4 is 16.8 Å². The van der Waals surface area contributed by atoms with E-state index in [4.69, 9.17) is 11.6 Å². The minimum atomic E-state index is -0.382. The Morgan fingerprint density at radius 2 is 2.00 bits per heavy atom. The minimum absolute atomic E-state index is 0.382. The summed E-state index contributed by atoms with van der Waals surface area (Å²) in [4.78, 5) is 10.9. The molecule has 1 aromatic rings. The van der Waals surface area contributed by atoms with E-state index in [1.54, 1.807) is 6.07 Å². The van der Waals surface area contributed by atoms with E-state index in [1.165, 1.54) is 5.56 Å². The summed E-state index contributed by atoms with van der Waals surface area (Å²) in [7, 11) is 0. The monoisotopic (exact) mass is 196 g/mol. The molecule has 0 atom stereocenters. The van der Waals surface area contributed by atoms with Gasteiger partial charge >= 0.3 is 0 Å². The molecule has 0 N–H and O–H groups in total. The minimum Gasteiger partial charge on any atom is -0.276 e. The van der Waals surface area contributed by atoms with Crippen LogP contribution in [-0.4, -0.2) is 5.24 Å². The molecule has 13 heavy (non-hydrogen) atoms. The Morgan fingerprint density at radius 3 is 2.38 bits per heavy atom. The Labute approximate surface area is 83.7 Å². The molecule has 2 heteroatoms. The Balaban J connectivity index is 3.13. The Bertz CT molecular complexity index is 329. The molecule has 0 saturated carbocycles. The Hall–Kier alpha value is -0.820. The van der Waals surface area contributed by atoms with Crippen molar-refractivity contribution in [3.8, 4) is 0 Å². The molecule has 0 bridgehead atoms. The van der Waals surface area contributed by atoms with Gasteiger partial charge in [0, 0.05) is 5.56 Å². The molecule has 1 nitrogen and oxygen atoms in total. The van der Waals surface area contributed by atoms with Gasteiger partial charge in [0.15, 0.2) is 0 Å². The lowest BCUT2D eigenvalue weighted by Gasteiger charge is -2.07. The highest BCUT2D eigenvalue weighted by molar-refractivity contribution is 6.67. The summed E-state index contributed by atoms with van der Waals surface area (Å²) >= 11 is 5.40. The predicted octanol–water partition coefficient (Wildman–Crippen LogP) is 3.50. The van der Waals surface area contributed by atoms with E-state index >= 15 is 0 Å². The fourth-order valence-corrected chi connectivity index (χ4v) is 1.48. The zero-order valence-corrected chi connectivity index (χ0v) is 8.85. The molecule has 0 fully saturated rings. The molecule has 1 rings (SSSR count). The number of rotatable bonds is 2. The van der Waals surface area contributed by atoms with Gasteiger partial charge in [-0.25, -0.2) is 0 Å². The van der Waals surface area contributed by atoms with Crippen LogP contribution in [0.15, 0.2) is 18.2 Å². The van der Waals surface area contributed by atoms with E-state index in [9.17, 15) is 4.79 Å². The first-order valence-corrected chi connectivity index (χ1v) is 4.70. The fourth-order valence-electron chi connectivity index (χ4n) is 1.27. The first-order chi connectivity index (χ1) is 6.02. The van der Waals surface area contributed by atoms with Crippen molar-refractivity contribution in [3.05, 3.63) is 34.9 Å². The third-order valence-electron chi connectivity index (χ3n) is 2.13. The average molecular weight is 197 g/mol. The lowest BCUT2D eigenvalue weighted by molar-refractivity contribution is 0.108. The number of benzene rings is 1. The molecule has 0 radical (unpaired) electrons. The van der Waals surface area contributed by atoms with Crippen molar-refractivity contribution < 1.29 is 4.79 Å². The Morgan fingerprint density at radius 1 is 1.38 bits per heavy atom. The van der Waals surface area contributed by atoms with E-state index in [0.29, 0.717) is 11.5 Å². The normalized spacial score (nSPS) is 10.5. The maximum Gasteiger partial charge on any atom is 0.252 e. The first-order valence-electron chi connectivity index (χ1n) is 4.32. The molecule has 0 aliphatic carbocycles. The van der Waals surface area contributed by atoms with Gasteiger partial charge < -0.3 is 0 Å². The number of carbonyl (C=O) groups excluding carboxylic acids is 1. The molecular formula is C11H13ClO. The summed E-state index contributed by atoms with van der Waals surface area (Å²) in [6.45, 7) is 6.15. The van der Waals surface area contributed by atoms with Crippen LogP contribution in [0.4, 0.5) is 0 Å². The smallest absolute Gasteiger partial charge is 0.252 e. The lowest BCUT2D eigenvalue weighted by atomic mass is 9.98. The van der Waals surface area contributed by atoms with Gasteiger partial charge in [0.25, 0.3) is 5.24 Å². The zero-order valence-electron chi connectivity index (χ0n) is 8.10. The number of carbonyl (C=O) groups is 1. The summed E-state index contributed by atoms with van der Waals surface area (Å²) in [5, 5.41) is -0.382. The number of hydrogen-bond acceptors (Lipinski definition) is 1. The quantitative estimate of drug-likeness (QED) is 0.662. The first kappa shape index (κ1) is 10.3. The van der Waals surface area contributed by atoms with Crippen molar-refractivity contribution in [2.24, 2.45) is 0 Å². The van der Waals surface area contributed by atoms with Crippen molar-refractivity contribution in [3.63, 3.8) is 0 Å². The molecule has 0 aliphatic heterocycles. The van der Waals surface area contributed by atoms with Crippen LogP contribution in [0, 0.1) is 6.92 Å². The molecular weight excluding hydrogens is 184 g/mol. The van der Waals surface area contributed by atoms with Crippen LogP contribution in [0.2, 0.25) is 0 Å². The second-order valence-electron chi connectivity index (χ2n) is 3.50. The summed E-state index contributed by atoms with van der Waals surface area (Å²) in [6.07, 6.45) is 0. The second kappa shape index (κ2) is 3.93. The van der Waals surface area contributed by atoms with Crippen molar-refractivity contribution in [2.45, 2.75) is 26.7 Å². The van der Waals surface area contributed by atoms with Crippen molar-refractivity contribution in [1.29, 1.82) is 0 Å². The summed E-state index contributed by atoms with van der Waals surface area (Å²) < 4.78 is 0. The second-order valence-corrected chi connectivity index (χ2v) is 3.85. The van der Waals surface area contributed by atoms with Crippen LogP contribution in [0.5, 0.6) is 0 Å².